The van der Waals surface area contributed by atoms with E-state index in [0.29, 0.717) is 5.92 Å². The maximum absolute atomic E-state index is 4.93. The van der Waals surface area contributed by atoms with E-state index >= 15 is 0 Å². The van der Waals surface area contributed by atoms with Gasteiger partial charge in [0.2, 0.25) is 0 Å². The molecular weight excluding hydrogens is 312 g/mol. The zero-order valence-corrected chi connectivity index (χ0v) is 14.8. The quantitative estimate of drug-likeness (QED) is 0.654. The zero-order valence-electron chi connectivity index (χ0n) is 14.8. The second-order valence-corrected chi connectivity index (χ2v) is 6.76. The smallest absolute Gasteiger partial charge is 0.145 e. The van der Waals surface area contributed by atoms with Crippen LogP contribution >= 0.6 is 0 Å². The number of benzene rings is 1. The normalized spacial score (nSPS) is 15.4. The minimum absolute atomic E-state index is 0.459. The summed E-state index contributed by atoms with van der Waals surface area (Å²) in [5.74, 6) is 3.09. The maximum Gasteiger partial charge on any atom is 0.145 e. The van der Waals surface area contributed by atoms with Crippen LogP contribution in [-0.4, -0.2) is 27.2 Å². The van der Waals surface area contributed by atoms with Crippen molar-refractivity contribution >= 4 is 28.2 Å². The molecule has 1 fully saturated rings. The van der Waals surface area contributed by atoms with Crippen molar-refractivity contribution in [1.82, 2.24) is 20.2 Å². The van der Waals surface area contributed by atoms with Gasteiger partial charge in [-0.2, -0.15) is 5.10 Å². The molecule has 3 aromatic rings. The Hall–Kier alpha value is -2.63. The number of hydrogen-bond acceptors (Lipinski definition) is 5. The van der Waals surface area contributed by atoms with Gasteiger partial charge >= 0.3 is 0 Å². The number of aromatic amines is 1. The Morgan fingerprint density at radius 1 is 1.12 bits per heavy atom. The van der Waals surface area contributed by atoms with Crippen molar-refractivity contribution in [3.05, 3.63) is 35.8 Å². The highest BCUT2D eigenvalue weighted by Gasteiger charge is 2.21. The lowest BCUT2D eigenvalue weighted by Gasteiger charge is -2.22. The summed E-state index contributed by atoms with van der Waals surface area (Å²) < 4.78 is 0. The Balaban J connectivity index is 1.83. The van der Waals surface area contributed by atoms with Crippen molar-refractivity contribution in [2.75, 3.05) is 17.7 Å². The van der Waals surface area contributed by atoms with Crippen LogP contribution in [0.4, 0.5) is 17.3 Å². The summed E-state index contributed by atoms with van der Waals surface area (Å²) in [6, 6.07) is 8.13. The van der Waals surface area contributed by atoms with E-state index in [1.54, 1.807) is 0 Å². The molecule has 0 saturated heterocycles. The molecule has 25 heavy (non-hydrogen) atoms. The SMILES string of the molecule is CNc1cccc2nc(C3CCCCC3)nc(Nc3cc(C)n[nH]3)c12. The molecule has 6 nitrogen and oxygen atoms in total. The molecule has 0 atom stereocenters. The maximum atomic E-state index is 4.93. The highest BCUT2D eigenvalue weighted by molar-refractivity contribution is 6.00. The molecule has 0 amide bonds. The molecule has 1 aliphatic carbocycles. The van der Waals surface area contributed by atoms with E-state index in [9.17, 15) is 0 Å². The van der Waals surface area contributed by atoms with Crippen molar-refractivity contribution in [3.8, 4) is 0 Å². The van der Waals surface area contributed by atoms with Crippen LogP contribution in [0.25, 0.3) is 10.9 Å². The third-order valence-corrected chi connectivity index (χ3v) is 4.94. The number of rotatable bonds is 4. The van der Waals surface area contributed by atoms with Crippen LogP contribution in [0.3, 0.4) is 0 Å². The highest BCUT2D eigenvalue weighted by Crippen LogP contribution is 2.35. The predicted octanol–water partition coefficient (Wildman–Crippen LogP) is 4.49. The molecule has 1 saturated carbocycles. The molecule has 130 valence electrons. The zero-order chi connectivity index (χ0) is 17.2. The lowest BCUT2D eigenvalue weighted by molar-refractivity contribution is 0.430. The number of fused-ring (bicyclic) bond motifs is 1. The summed E-state index contributed by atoms with van der Waals surface area (Å²) in [6.07, 6.45) is 6.22. The fraction of sp³-hybridized carbons (Fsp3) is 0.421. The number of aromatic nitrogens is 4. The average Bonchev–Trinajstić information content (AvgIpc) is 3.06. The first-order valence-electron chi connectivity index (χ1n) is 9.02. The number of hydrogen-bond donors (Lipinski definition) is 3. The fourth-order valence-corrected chi connectivity index (χ4v) is 3.66. The van der Waals surface area contributed by atoms with E-state index < -0.39 is 0 Å². The predicted molar refractivity (Wildman–Crippen MR) is 102 cm³/mol. The lowest BCUT2D eigenvalue weighted by atomic mass is 9.88. The molecule has 1 aromatic carbocycles. The number of aryl methyl sites for hydroxylation is 1. The van der Waals surface area contributed by atoms with E-state index in [-0.39, 0.29) is 0 Å². The van der Waals surface area contributed by atoms with Crippen molar-refractivity contribution in [3.63, 3.8) is 0 Å². The molecule has 6 heteroatoms. The molecule has 4 rings (SSSR count). The molecule has 0 aliphatic heterocycles. The monoisotopic (exact) mass is 336 g/mol. The van der Waals surface area contributed by atoms with Crippen LogP contribution in [-0.2, 0) is 0 Å². The van der Waals surface area contributed by atoms with E-state index in [0.717, 1.165) is 39.7 Å². The van der Waals surface area contributed by atoms with Crippen LogP contribution in [0.15, 0.2) is 24.3 Å². The van der Waals surface area contributed by atoms with Gasteiger partial charge in [0.05, 0.1) is 16.6 Å². The minimum atomic E-state index is 0.459. The van der Waals surface area contributed by atoms with Crippen LogP contribution in [0, 0.1) is 6.92 Å². The van der Waals surface area contributed by atoms with Gasteiger partial charge in [0, 0.05) is 24.7 Å². The molecular formula is C19H24N6. The Morgan fingerprint density at radius 2 is 1.96 bits per heavy atom. The summed E-state index contributed by atoms with van der Waals surface area (Å²) in [4.78, 5) is 9.83. The van der Waals surface area contributed by atoms with E-state index in [2.05, 4.69) is 33.0 Å². The largest absolute Gasteiger partial charge is 0.387 e. The van der Waals surface area contributed by atoms with Crippen molar-refractivity contribution in [2.24, 2.45) is 0 Å². The van der Waals surface area contributed by atoms with Crippen molar-refractivity contribution in [2.45, 2.75) is 44.9 Å². The average molecular weight is 336 g/mol. The molecule has 0 unspecified atom stereocenters. The summed E-state index contributed by atoms with van der Waals surface area (Å²) in [6.45, 7) is 1.96. The summed E-state index contributed by atoms with van der Waals surface area (Å²) in [5.41, 5.74) is 2.94. The Morgan fingerprint density at radius 3 is 2.68 bits per heavy atom. The third kappa shape index (κ3) is 3.16. The van der Waals surface area contributed by atoms with Gasteiger partial charge in [-0.3, -0.25) is 5.10 Å². The second kappa shape index (κ2) is 6.70. The van der Waals surface area contributed by atoms with Gasteiger partial charge in [-0.1, -0.05) is 25.3 Å². The van der Waals surface area contributed by atoms with Crippen LogP contribution in [0.5, 0.6) is 0 Å². The molecule has 2 heterocycles. The number of nitrogens with zero attached hydrogens (tertiary/aromatic N) is 3. The van der Waals surface area contributed by atoms with Gasteiger partial charge < -0.3 is 10.6 Å². The van der Waals surface area contributed by atoms with E-state index in [4.69, 9.17) is 9.97 Å². The van der Waals surface area contributed by atoms with E-state index in [1.165, 1.54) is 32.1 Å². The molecule has 3 N–H and O–H groups in total. The standard InChI is InChI=1S/C19H24N6/c1-12-11-16(25-24-12)22-19-17-14(20-2)9-6-10-15(17)21-18(23-19)13-7-4-3-5-8-13/h6,9-11,13,20H,3-5,7-8H2,1-2H3,(H2,21,22,23,24,25). The van der Waals surface area contributed by atoms with Crippen molar-refractivity contribution < 1.29 is 0 Å². The number of nitrogens with one attached hydrogen (secondary N) is 3. The Kier molecular flexibility index (Phi) is 4.26. The highest BCUT2D eigenvalue weighted by atomic mass is 15.2. The first-order valence-corrected chi connectivity index (χ1v) is 9.02. The van der Waals surface area contributed by atoms with Crippen LogP contribution in [0.2, 0.25) is 0 Å². The van der Waals surface area contributed by atoms with Gasteiger partial charge in [-0.25, -0.2) is 9.97 Å². The van der Waals surface area contributed by atoms with E-state index in [1.807, 2.05) is 26.1 Å². The number of anilines is 3. The van der Waals surface area contributed by atoms with Gasteiger partial charge in [0.15, 0.2) is 0 Å². The Labute approximate surface area is 147 Å². The molecule has 2 aromatic heterocycles. The lowest BCUT2D eigenvalue weighted by Crippen LogP contribution is -2.11. The first-order chi connectivity index (χ1) is 12.2. The molecule has 0 bridgehead atoms. The first kappa shape index (κ1) is 15.9. The summed E-state index contributed by atoms with van der Waals surface area (Å²) >= 11 is 0. The minimum Gasteiger partial charge on any atom is -0.387 e. The number of H-pyrrole nitrogens is 1. The third-order valence-electron chi connectivity index (χ3n) is 4.94. The van der Waals surface area contributed by atoms with Gasteiger partial charge in [0.25, 0.3) is 0 Å². The Bertz CT molecular complexity index is 879. The fourth-order valence-electron chi connectivity index (χ4n) is 3.66. The van der Waals surface area contributed by atoms with Gasteiger partial charge in [-0.15, -0.1) is 0 Å². The summed E-state index contributed by atoms with van der Waals surface area (Å²) in [7, 11) is 1.92. The van der Waals surface area contributed by atoms with Gasteiger partial charge in [-0.05, 0) is 31.9 Å². The van der Waals surface area contributed by atoms with Crippen LogP contribution < -0.4 is 10.6 Å². The summed E-state index contributed by atoms with van der Waals surface area (Å²) in [5, 5.41) is 14.9. The molecule has 1 aliphatic rings. The van der Waals surface area contributed by atoms with Crippen molar-refractivity contribution in [1.29, 1.82) is 0 Å². The topological polar surface area (TPSA) is 78.5 Å². The molecule has 0 radical (unpaired) electrons. The van der Waals surface area contributed by atoms with Gasteiger partial charge in [0.1, 0.15) is 17.5 Å². The van der Waals surface area contributed by atoms with Crippen LogP contribution in [0.1, 0.15) is 49.5 Å². The second-order valence-electron chi connectivity index (χ2n) is 6.76. The molecule has 0 spiro atoms.